The van der Waals surface area contributed by atoms with Crippen molar-refractivity contribution in [3.05, 3.63) is 29.6 Å². The second-order valence-electron chi connectivity index (χ2n) is 6.62. The number of pyridine rings is 1. The molecule has 1 aliphatic heterocycles. The van der Waals surface area contributed by atoms with Crippen LogP contribution in [0.3, 0.4) is 0 Å². The van der Waals surface area contributed by atoms with Crippen LogP contribution in [-0.4, -0.2) is 54.5 Å². The first-order valence-electron chi connectivity index (χ1n) is 8.66. The molecule has 1 amide bonds. The van der Waals surface area contributed by atoms with Gasteiger partial charge in [-0.05, 0) is 37.0 Å². The van der Waals surface area contributed by atoms with E-state index in [0.29, 0.717) is 0 Å². The maximum atomic E-state index is 12.1. The molecule has 7 heteroatoms. The van der Waals surface area contributed by atoms with Crippen LogP contribution in [0.1, 0.15) is 31.4 Å². The first-order chi connectivity index (χ1) is 11.5. The van der Waals surface area contributed by atoms with E-state index in [1.54, 1.807) is 7.05 Å². The van der Waals surface area contributed by atoms with Gasteiger partial charge in [-0.2, -0.15) is 0 Å². The number of aryl methyl sites for hydroxylation is 1. The molecule has 1 atom stereocenters. The van der Waals surface area contributed by atoms with E-state index in [-0.39, 0.29) is 41.8 Å². The fourth-order valence-electron chi connectivity index (χ4n) is 2.93. The van der Waals surface area contributed by atoms with Gasteiger partial charge in [-0.3, -0.25) is 14.8 Å². The van der Waals surface area contributed by atoms with Gasteiger partial charge in [-0.1, -0.05) is 13.8 Å². The number of rotatable bonds is 5. The van der Waals surface area contributed by atoms with Crippen molar-refractivity contribution in [1.82, 2.24) is 20.5 Å². The number of halogens is 1. The summed E-state index contributed by atoms with van der Waals surface area (Å²) in [6, 6.07) is 2.32. The maximum absolute atomic E-state index is 12.1. The molecule has 0 spiro atoms. The highest BCUT2D eigenvalue weighted by atomic mass is 127. The lowest BCUT2D eigenvalue weighted by molar-refractivity contribution is -0.133. The number of hydrogen-bond acceptors (Lipinski definition) is 3. The molecule has 1 aliphatic rings. The molecule has 1 aromatic heterocycles. The van der Waals surface area contributed by atoms with Crippen molar-refractivity contribution < 1.29 is 4.79 Å². The van der Waals surface area contributed by atoms with E-state index in [1.165, 1.54) is 11.1 Å². The molecule has 0 aliphatic carbocycles. The standard InChI is InChI=1S/C18H29N5O.HI/c1-13(2)17(24)23-10-7-16(12-23)22-18(19-4)21-9-6-15-5-8-20-11-14(15)3;/h5,8,11,13,16H,6-7,9-10,12H2,1-4H3,(H2,19,21,22);1H. The fraction of sp³-hybridized carbons (Fsp3) is 0.611. The van der Waals surface area contributed by atoms with Gasteiger partial charge in [0, 0.05) is 51.0 Å². The summed E-state index contributed by atoms with van der Waals surface area (Å²) in [6.07, 6.45) is 5.61. The molecule has 1 unspecified atom stereocenters. The summed E-state index contributed by atoms with van der Waals surface area (Å²) in [6.45, 7) is 8.36. The average molecular weight is 459 g/mol. The van der Waals surface area contributed by atoms with Gasteiger partial charge in [0.25, 0.3) is 0 Å². The lowest BCUT2D eigenvalue weighted by atomic mass is 10.1. The van der Waals surface area contributed by atoms with Crippen LogP contribution in [0, 0.1) is 12.8 Å². The number of amides is 1. The van der Waals surface area contributed by atoms with Gasteiger partial charge in [0.05, 0.1) is 0 Å². The van der Waals surface area contributed by atoms with Crippen molar-refractivity contribution in [2.45, 2.75) is 39.7 Å². The highest BCUT2D eigenvalue weighted by Crippen LogP contribution is 2.12. The van der Waals surface area contributed by atoms with Gasteiger partial charge < -0.3 is 15.5 Å². The van der Waals surface area contributed by atoms with E-state index in [4.69, 9.17) is 0 Å². The zero-order chi connectivity index (χ0) is 17.5. The predicted molar refractivity (Wildman–Crippen MR) is 112 cm³/mol. The number of carbonyl (C=O) groups excluding carboxylic acids is 1. The average Bonchev–Trinajstić information content (AvgIpc) is 3.03. The fourth-order valence-corrected chi connectivity index (χ4v) is 2.93. The first-order valence-corrected chi connectivity index (χ1v) is 8.66. The molecule has 1 aromatic rings. The molecule has 1 fully saturated rings. The first kappa shape index (κ1) is 21.7. The lowest BCUT2D eigenvalue weighted by Gasteiger charge is -2.20. The van der Waals surface area contributed by atoms with Gasteiger partial charge >= 0.3 is 0 Å². The van der Waals surface area contributed by atoms with E-state index >= 15 is 0 Å². The normalized spacial score (nSPS) is 17.4. The number of aromatic nitrogens is 1. The van der Waals surface area contributed by atoms with Crippen molar-refractivity contribution in [2.75, 3.05) is 26.7 Å². The SMILES string of the molecule is CN=C(NCCc1ccncc1C)NC1CCN(C(=O)C(C)C)C1.I. The van der Waals surface area contributed by atoms with Crippen LogP contribution in [0.2, 0.25) is 0 Å². The molecule has 6 nitrogen and oxygen atoms in total. The Morgan fingerprint density at radius 3 is 2.88 bits per heavy atom. The van der Waals surface area contributed by atoms with E-state index in [2.05, 4.69) is 33.6 Å². The second kappa shape index (κ2) is 10.6. The molecule has 2 heterocycles. The largest absolute Gasteiger partial charge is 0.356 e. The highest BCUT2D eigenvalue weighted by molar-refractivity contribution is 14.0. The lowest BCUT2D eigenvalue weighted by Crippen LogP contribution is -2.45. The predicted octanol–water partition coefficient (Wildman–Crippen LogP) is 1.97. The third-order valence-corrected chi connectivity index (χ3v) is 4.38. The van der Waals surface area contributed by atoms with E-state index in [0.717, 1.165) is 38.4 Å². The van der Waals surface area contributed by atoms with Gasteiger partial charge in [0.1, 0.15) is 0 Å². The quantitative estimate of drug-likeness (QED) is 0.402. The molecule has 140 valence electrons. The Morgan fingerprint density at radius 2 is 2.24 bits per heavy atom. The molecule has 0 aromatic carbocycles. The topological polar surface area (TPSA) is 69.6 Å². The Hall–Kier alpha value is -1.38. The monoisotopic (exact) mass is 459 g/mol. The molecular weight excluding hydrogens is 429 g/mol. The number of likely N-dealkylation sites (tertiary alicyclic amines) is 1. The van der Waals surface area contributed by atoms with Crippen molar-refractivity contribution >= 4 is 35.8 Å². The van der Waals surface area contributed by atoms with Gasteiger partial charge in [0.15, 0.2) is 5.96 Å². The van der Waals surface area contributed by atoms with Crippen molar-refractivity contribution in [3.8, 4) is 0 Å². The summed E-state index contributed by atoms with van der Waals surface area (Å²) in [7, 11) is 1.78. The summed E-state index contributed by atoms with van der Waals surface area (Å²) < 4.78 is 0. The van der Waals surface area contributed by atoms with Crippen LogP contribution in [-0.2, 0) is 11.2 Å². The summed E-state index contributed by atoms with van der Waals surface area (Å²) in [5, 5.41) is 6.78. The van der Waals surface area contributed by atoms with E-state index < -0.39 is 0 Å². The Kier molecular flexibility index (Phi) is 9.16. The number of nitrogens with one attached hydrogen (secondary N) is 2. The smallest absolute Gasteiger partial charge is 0.225 e. The summed E-state index contributed by atoms with van der Waals surface area (Å²) in [5.74, 6) is 1.09. The molecule has 2 rings (SSSR count). The molecule has 0 bridgehead atoms. The van der Waals surface area contributed by atoms with Crippen molar-refractivity contribution in [3.63, 3.8) is 0 Å². The highest BCUT2D eigenvalue weighted by Gasteiger charge is 2.27. The zero-order valence-corrected chi connectivity index (χ0v) is 17.9. The second-order valence-corrected chi connectivity index (χ2v) is 6.62. The number of aliphatic imine (C=N–C) groups is 1. The minimum absolute atomic E-state index is 0. The molecule has 25 heavy (non-hydrogen) atoms. The Labute approximate surface area is 167 Å². The number of hydrogen-bond donors (Lipinski definition) is 2. The zero-order valence-electron chi connectivity index (χ0n) is 15.6. The Morgan fingerprint density at radius 1 is 1.48 bits per heavy atom. The summed E-state index contributed by atoms with van der Waals surface area (Å²) in [5.41, 5.74) is 2.50. The van der Waals surface area contributed by atoms with Crippen molar-refractivity contribution in [1.29, 1.82) is 0 Å². The van der Waals surface area contributed by atoms with E-state index in [1.807, 2.05) is 31.1 Å². The molecule has 1 saturated heterocycles. The van der Waals surface area contributed by atoms with E-state index in [9.17, 15) is 4.79 Å². The number of nitrogens with zero attached hydrogens (tertiary/aromatic N) is 3. The van der Waals surface area contributed by atoms with Crippen LogP contribution in [0.15, 0.2) is 23.5 Å². The third kappa shape index (κ3) is 6.45. The minimum atomic E-state index is 0. The number of carbonyl (C=O) groups is 1. The minimum Gasteiger partial charge on any atom is -0.356 e. The van der Waals surface area contributed by atoms with Crippen LogP contribution < -0.4 is 10.6 Å². The van der Waals surface area contributed by atoms with Crippen molar-refractivity contribution in [2.24, 2.45) is 10.9 Å². The molecule has 2 N–H and O–H groups in total. The third-order valence-electron chi connectivity index (χ3n) is 4.38. The Bertz CT molecular complexity index is 591. The van der Waals surface area contributed by atoms with Crippen LogP contribution >= 0.6 is 24.0 Å². The molecule has 0 radical (unpaired) electrons. The van der Waals surface area contributed by atoms with Crippen LogP contribution in [0.5, 0.6) is 0 Å². The van der Waals surface area contributed by atoms with Crippen LogP contribution in [0.25, 0.3) is 0 Å². The van der Waals surface area contributed by atoms with Crippen LogP contribution in [0.4, 0.5) is 0 Å². The summed E-state index contributed by atoms with van der Waals surface area (Å²) in [4.78, 5) is 22.4. The maximum Gasteiger partial charge on any atom is 0.225 e. The summed E-state index contributed by atoms with van der Waals surface area (Å²) >= 11 is 0. The molecular formula is C18H30IN5O. The van der Waals surface area contributed by atoms with Gasteiger partial charge in [-0.15, -0.1) is 24.0 Å². The number of guanidine groups is 1. The van der Waals surface area contributed by atoms with Gasteiger partial charge in [0.2, 0.25) is 5.91 Å². The van der Waals surface area contributed by atoms with Gasteiger partial charge in [-0.25, -0.2) is 0 Å². The molecule has 0 saturated carbocycles. The Balaban J connectivity index is 0.00000312.